The summed E-state index contributed by atoms with van der Waals surface area (Å²) >= 11 is 6.13. The predicted octanol–water partition coefficient (Wildman–Crippen LogP) is 5.30. The van der Waals surface area contributed by atoms with Crippen LogP contribution in [0.5, 0.6) is 0 Å². The van der Waals surface area contributed by atoms with Crippen LogP contribution in [-0.2, 0) is 6.54 Å². The van der Waals surface area contributed by atoms with E-state index >= 15 is 0 Å². The lowest BCUT2D eigenvalue weighted by Crippen LogP contribution is -2.30. The molecule has 33 heavy (non-hydrogen) atoms. The maximum atomic E-state index is 6.13. The first-order chi connectivity index (χ1) is 16.2. The lowest BCUT2D eigenvalue weighted by molar-refractivity contribution is 0.502. The van der Waals surface area contributed by atoms with Gasteiger partial charge < -0.3 is 19.5 Å². The average Bonchev–Trinajstić information content (AvgIpc) is 3.52. The van der Waals surface area contributed by atoms with Gasteiger partial charge in [0.1, 0.15) is 11.6 Å². The van der Waals surface area contributed by atoms with Gasteiger partial charge >= 0.3 is 0 Å². The third-order valence-corrected chi connectivity index (χ3v) is 6.11. The summed E-state index contributed by atoms with van der Waals surface area (Å²) < 4.78 is 5.64. The van der Waals surface area contributed by atoms with Crippen molar-refractivity contribution in [1.29, 1.82) is 0 Å². The van der Waals surface area contributed by atoms with Crippen LogP contribution in [0.3, 0.4) is 0 Å². The average molecular weight is 463 g/mol. The molecule has 4 aromatic rings. The quantitative estimate of drug-likeness (QED) is 0.381. The van der Waals surface area contributed by atoms with Gasteiger partial charge in [0, 0.05) is 60.2 Å². The van der Waals surface area contributed by atoms with Crippen LogP contribution in [0.2, 0.25) is 5.02 Å². The Balaban J connectivity index is 1.36. The van der Waals surface area contributed by atoms with Crippen LogP contribution in [0.4, 0.5) is 17.5 Å². The smallest absolute Gasteiger partial charge is 0.227 e. The van der Waals surface area contributed by atoms with E-state index in [1.165, 1.54) is 12.8 Å². The molecule has 0 aliphatic carbocycles. The molecule has 1 N–H and O–H groups in total. The Morgan fingerprint density at radius 2 is 2.00 bits per heavy atom. The largest absolute Gasteiger partial charge is 0.467 e. The Hall–Kier alpha value is -3.32. The van der Waals surface area contributed by atoms with Crippen LogP contribution in [0.1, 0.15) is 24.3 Å². The van der Waals surface area contributed by atoms with Crippen LogP contribution in [0.25, 0.3) is 10.9 Å². The van der Waals surface area contributed by atoms with E-state index in [1.807, 2.05) is 49.4 Å². The number of rotatable bonds is 8. The van der Waals surface area contributed by atoms with Crippen LogP contribution >= 0.6 is 11.6 Å². The Bertz CT molecular complexity index is 1220. The summed E-state index contributed by atoms with van der Waals surface area (Å²) in [6.07, 6.45) is 5.90. The molecule has 170 valence electrons. The summed E-state index contributed by atoms with van der Waals surface area (Å²) in [5.74, 6) is 2.63. The molecule has 4 heterocycles. The number of anilines is 3. The van der Waals surface area contributed by atoms with Gasteiger partial charge in [-0.1, -0.05) is 11.6 Å². The maximum Gasteiger partial charge on any atom is 0.227 e. The van der Waals surface area contributed by atoms with Crippen molar-refractivity contribution in [3.63, 3.8) is 0 Å². The molecule has 7 nitrogen and oxygen atoms in total. The fourth-order valence-electron chi connectivity index (χ4n) is 4.22. The Morgan fingerprint density at radius 3 is 2.82 bits per heavy atom. The van der Waals surface area contributed by atoms with Crippen molar-refractivity contribution >= 4 is 40.0 Å². The van der Waals surface area contributed by atoms with Crippen LogP contribution in [0.15, 0.2) is 59.3 Å². The first-order valence-electron chi connectivity index (χ1n) is 11.3. The molecule has 8 heteroatoms. The minimum absolute atomic E-state index is 0.636. The fourth-order valence-corrected chi connectivity index (χ4v) is 4.39. The third kappa shape index (κ3) is 5.03. The Kier molecular flexibility index (Phi) is 6.30. The topological polar surface area (TPSA) is 70.3 Å². The number of furan rings is 1. The number of aryl methyl sites for hydroxylation is 1. The van der Waals surface area contributed by atoms with E-state index in [4.69, 9.17) is 26.0 Å². The minimum Gasteiger partial charge on any atom is -0.467 e. The molecule has 5 rings (SSSR count). The molecular weight excluding hydrogens is 436 g/mol. The Labute approximate surface area is 198 Å². The highest BCUT2D eigenvalue weighted by Crippen LogP contribution is 2.25. The van der Waals surface area contributed by atoms with E-state index in [2.05, 4.69) is 20.1 Å². The summed E-state index contributed by atoms with van der Waals surface area (Å²) in [5.41, 5.74) is 2.88. The predicted molar refractivity (Wildman–Crippen MR) is 133 cm³/mol. The van der Waals surface area contributed by atoms with Crippen molar-refractivity contribution in [1.82, 2.24) is 15.0 Å². The number of pyridine rings is 1. The second-order valence-electron chi connectivity index (χ2n) is 8.31. The second kappa shape index (κ2) is 9.67. The number of aromatic nitrogens is 3. The molecule has 3 aromatic heterocycles. The van der Waals surface area contributed by atoms with Gasteiger partial charge in [-0.2, -0.15) is 4.98 Å². The van der Waals surface area contributed by atoms with Gasteiger partial charge in [-0.05, 0) is 56.2 Å². The summed E-state index contributed by atoms with van der Waals surface area (Å²) in [5, 5.41) is 5.30. The Morgan fingerprint density at radius 1 is 1.12 bits per heavy atom. The van der Waals surface area contributed by atoms with E-state index in [-0.39, 0.29) is 0 Å². The molecular formula is C25H27ClN6O. The zero-order valence-corrected chi connectivity index (χ0v) is 19.4. The van der Waals surface area contributed by atoms with Gasteiger partial charge in [0.25, 0.3) is 0 Å². The normalized spacial score (nSPS) is 13.6. The lowest BCUT2D eigenvalue weighted by atomic mass is 10.2. The van der Waals surface area contributed by atoms with Crippen molar-refractivity contribution in [3.05, 3.63) is 71.4 Å². The van der Waals surface area contributed by atoms with Crippen molar-refractivity contribution in [3.8, 4) is 0 Å². The summed E-state index contributed by atoms with van der Waals surface area (Å²) in [6.45, 7) is 6.17. The van der Waals surface area contributed by atoms with Gasteiger partial charge in [0.2, 0.25) is 5.95 Å². The van der Waals surface area contributed by atoms with Crippen molar-refractivity contribution in [2.75, 3.05) is 41.3 Å². The van der Waals surface area contributed by atoms with Gasteiger partial charge in [-0.3, -0.25) is 4.98 Å². The number of hydrogen-bond acceptors (Lipinski definition) is 7. The highest BCUT2D eigenvalue weighted by molar-refractivity contribution is 6.31. The van der Waals surface area contributed by atoms with E-state index in [0.717, 1.165) is 66.0 Å². The summed E-state index contributed by atoms with van der Waals surface area (Å²) in [6, 6.07) is 13.7. The summed E-state index contributed by atoms with van der Waals surface area (Å²) in [4.78, 5) is 18.6. The van der Waals surface area contributed by atoms with Crippen molar-refractivity contribution < 1.29 is 4.42 Å². The van der Waals surface area contributed by atoms with Crippen LogP contribution in [-0.4, -0.2) is 41.1 Å². The highest BCUT2D eigenvalue weighted by atomic mass is 35.5. The van der Waals surface area contributed by atoms with Gasteiger partial charge in [-0.15, -0.1) is 0 Å². The lowest BCUT2D eigenvalue weighted by Gasteiger charge is -2.25. The second-order valence-corrected chi connectivity index (χ2v) is 8.75. The molecule has 0 radical (unpaired) electrons. The van der Waals surface area contributed by atoms with Crippen molar-refractivity contribution in [2.24, 2.45) is 0 Å². The van der Waals surface area contributed by atoms with Gasteiger partial charge in [0.05, 0.1) is 18.3 Å². The number of hydrogen-bond donors (Lipinski definition) is 1. The van der Waals surface area contributed by atoms with E-state index in [0.29, 0.717) is 11.6 Å². The molecule has 0 spiro atoms. The molecule has 1 aliphatic heterocycles. The van der Waals surface area contributed by atoms with E-state index in [9.17, 15) is 0 Å². The highest BCUT2D eigenvalue weighted by Gasteiger charge is 2.19. The number of halogens is 1. The van der Waals surface area contributed by atoms with Crippen LogP contribution < -0.4 is 15.1 Å². The molecule has 0 saturated carbocycles. The SMILES string of the molecule is Cc1cc(N(CCNc2ccnc3cc(Cl)ccc23)Cc2ccco2)nc(N2CCCC2)n1. The van der Waals surface area contributed by atoms with Crippen LogP contribution in [0, 0.1) is 6.92 Å². The summed E-state index contributed by atoms with van der Waals surface area (Å²) in [7, 11) is 0. The zero-order chi connectivity index (χ0) is 22.6. The first kappa shape index (κ1) is 21.5. The van der Waals surface area contributed by atoms with Gasteiger partial charge in [-0.25, -0.2) is 4.98 Å². The van der Waals surface area contributed by atoms with E-state index in [1.54, 1.807) is 12.5 Å². The van der Waals surface area contributed by atoms with E-state index < -0.39 is 0 Å². The molecule has 1 fully saturated rings. The molecule has 1 aromatic carbocycles. The molecule has 0 atom stereocenters. The fraction of sp³-hybridized carbons (Fsp3) is 0.320. The molecule has 0 bridgehead atoms. The van der Waals surface area contributed by atoms with Crippen molar-refractivity contribution in [2.45, 2.75) is 26.3 Å². The first-order valence-corrected chi connectivity index (χ1v) is 11.7. The third-order valence-electron chi connectivity index (χ3n) is 5.87. The number of benzene rings is 1. The molecule has 1 saturated heterocycles. The number of nitrogens with one attached hydrogen (secondary N) is 1. The minimum atomic E-state index is 0.636. The molecule has 1 aliphatic rings. The molecule has 0 amide bonds. The number of fused-ring (bicyclic) bond motifs is 1. The monoisotopic (exact) mass is 462 g/mol. The number of nitrogens with zero attached hydrogens (tertiary/aromatic N) is 5. The van der Waals surface area contributed by atoms with Gasteiger partial charge in [0.15, 0.2) is 0 Å². The zero-order valence-electron chi connectivity index (χ0n) is 18.7. The standard InChI is InChI=1S/C25H27ClN6O/c1-18-15-24(30-25(29-18)31-11-2-3-12-31)32(17-20-5-4-14-33-20)13-10-28-22-8-9-27-23-16-19(26)6-7-21(22)23/h4-9,14-16H,2-3,10-13,17H2,1H3,(H,27,28). The maximum absolute atomic E-state index is 6.13. The molecule has 0 unspecified atom stereocenters.